The van der Waals surface area contributed by atoms with Crippen LogP contribution in [0.5, 0.6) is 5.75 Å². The van der Waals surface area contributed by atoms with Gasteiger partial charge in [-0.05, 0) is 42.9 Å². The van der Waals surface area contributed by atoms with Gasteiger partial charge in [-0.15, -0.1) is 0 Å². The minimum absolute atomic E-state index is 0.238. The first kappa shape index (κ1) is 13.3. The summed E-state index contributed by atoms with van der Waals surface area (Å²) in [6.07, 6.45) is 5.90. The van der Waals surface area contributed by atoms with E-state index < -0.39 is 0 Å². The average Bonchev–Trinajstić information content (AvgIpc) is 2.55. The van der Waals surface area contributed by atoms with Crippen molar-refractivity contribution in [2.75, 3.05) is 7.11 Å². The predicted molar refractivity (Wildman–Crippen MR) is 69.2 cm³/mol. The standard InChI is InChI=1S/C15H21FO2/c1-18-15-8-7-11(10-13(15)16)9-12-5-3-2-4-6-14(12)17/h7-8,10,12,14,17H,2-6,9H2,1H3. The quantitative estimate of drug-likeness (QED) is 0.836. The zero-order valence-corrected chi connectivity index (χ0v) is 10.9. The summed E-state index contributed by atoms with van der Waals surface area (Å²) in [6, 6.07) is 5.07. The summed E-state index contributed by atoms with van der Waals surface area (Å²) in [6.45, 7) is 0. The van der Waals surface area contributed by atoms with Gasteiger partial charge in [0.15, 0.2) is 11.6 Å². The summed E-state index contributed by atoms with van der Waals surface area (Å²) in [7, 11) is 1.47. The molecule has 1 N–H and O–H groups in total. The van der Waals surface area contributed by atoms with Crippen molar-refractivity contribution in [3.63, 3.8) is 0 Å². The van der Waals surface area contributed by atoms with Crippen LogP contribution in [0.1, 0.15) is 37.7 Å². The number of aliphatic hydroxyl groups excluding tert-OH is 1. The Labute approximate surface area is 108 Å². The van der Waals surface area contributed by atoms with Crippen molar-refractivity contribution in [2.45, 2.75) is 44.6 Å². The maximum atomic E-state index is 13.6. The van der Waals surface area contributed by atoms with E-state index in [0.717, 1.165) is 31.2 Å². The zero-order valence-electron chi connectivity index (χ0n) is 10.9. The Morgan fingerprint density at radius 3 is 2.78 bits per heavy atom. The maximum Gasteiger partial charge on any atom is 0.165 e. The molecule has 0 amide bonds. The monoisotopic (exact) mass is 252 g/mol. The lowest BCUT2D eigenvalue weighted by atomic mass is 9.90. The van der Waals surface area contributed by atoms with Crippen molar-refractivity contribution in [2.24, 2.45) is 5.92 Å². The molecule has 1 aliphatic carbocycles. The second kappa shape index (κ2) is 6.19. The van der Waals surface area contributed by atoms with Crippen molar-refractivity contribution in [1.82, 2.24) is 0 Å². The van der Waals surface area contributed by atoms with E-state index in [2.05, 4.69) is 0 Å². The number of rotatable bonds is 3. The highest BCUT2D eigenvalue weighted by atomic mass is 19.1. The minimum atomic E-state index is -0.321. The van der Waals surface area contributed by atoms with Gasteiger partial charge < -0.3 is 9.84 Å². The molecule has 0 heterocycles. The van der Waals surface area contributed by atoms with Crippen LogP contribution in [0.4, 0.5) is 4.39 Å². The molecule has 0 aromatic heterocycles. The van der Waals surface area contributed by atoms with Gasteiger partial charge in [-0.3, -0.25) is 0 Å². The summed E-state index contributed by atoms with van der Waals surface area (Å²) in [4.78, 5) is 0. The van der Waals surface area contributed by atoms with Crippen molar-refractivity contribution < 1.29 is 14.2 Å². The molecule has 1 aromatic rings. The first-order chi connectivity index (χ1) is 8.70. The first-order valence-corrected chi connectivity index (χ1v) is 6.71. The number of hydrogen-bond donors (Lipinski definition) is 1. The molecule has 0 aliphatic heterocycles. The highest BCUT2D eigenvalue weighted by Gasteiger charge is 2.22. The molecule has 100 valence electrons. The predicted octanol–water partition coefficient (Wildman–Crippen LogP) is 3.32. The van der Waals surface area contributed by atoms with E-state index in [1.807, 2.05) is 6.07 Å². The van der Waals surface area contributed by atoms with Crippen LogP contribution in [-0.2, 0) is 6.42 Å². The SMILES string of the molecule is COc1ccc(CC2CCCCCC2O)cc1F. The summed E-state index contributed by atoms with van der Waals surface area (Å²) < 4.78 is 18.5. The van der Waals surface area contributed by atoms with Crippen LogP contribution in [-0.4, -0.2) is 18.3 Å². The fourth-order valence-electron chi connectivity index (χ4n) is 2.74. The molecule has 3 heteroatoms. The van der Waals surface area contributed by atoms with Gasteiger partial charge in [-0.1, -0.05) is 25.3 Å². The largest absolute Gasteiger partial charge is 0.494 e. The Kier molecular flexibility index (Phi) is 4.59. The van der Waals surface area contributed by atoms with Gasteiger partial charge >= 0.3 is 0 Å². The second-order valence-electron chi connectivity index (χ2n) is 5.14. The first-order valence-electron chi connectivity index (χ1n) is 6.71. The highest BCUT2D eigenvalue weighted by molar-refractivity contribution is 5.29. The molecule has 2 nitrogen and oxygen atoms in total. The number of methoxy groups -OCH3 is 1. The Bertz CT molecular complexity index is 392. The van der Waals surface area contributed by atoms with Gasteiger partial charge in [0.1, 0.15) is 0 Å². The molecular formula is C15H21FO2. The third-order valence-corrected chi connectivity index (χ3v) is 3.83. The van der Waals surface area contributed by atoms with Crippen LogP contribution < -0.4 is 4.74 Å². The third-order valence-electron chi connectivity index (χ3n) is 3.83. The van der Waals surface area contributed by atoms with Crippen LogP contribution in [0, 0.1) is 11.7 Å². The molecule has 1 aromatic carbocycles. The van der Waals surface area contributed by atoms with Gasteiger partial charge in [-0.2, -0.15) is 0 Å². The van der Waals surface area contributed by atoms with Crippen LogP contribution in [0.25, 0.3) is 0 Å². The van der Waals surface area contributed by atoms with Crippen LogP contribution in [0.3, 0.4) is 0 Å². The summed E-state index contributed by atoms with van der Waals surface area (Å²) in [5.41, 5.74) is 0.944. The molecule has 2 rings (SSSR count). The molecule has 18 heavy (non-hydrogen) atoms. The Balaban J connectivity index is 2.05. The fraction of sp³-hybridized carbons (Fsp3) is 0.600. The zero-order chi connectivity index (χ0) is 13.0. The van der Waals surface area contributed by atoms with Gasteiger partial charge in [0, 0.05) is 0 Å². The molecule has 1 aliphatic rings. The average molecular weight is 252 g/mol. The highest BCUT2D eigenvalue weighted by Crippen LogP contribution is 2.28. The molecule has 0 bridgehead atoms. The summed E-state index contributed by atoms with van der Waals surface area (Å²) in [5, 5.41) is 10.1. The lowest BCUT2D eigenvalue weighted by Crippen LogP contribution is -2.21. The molecule has 1 fully saturated rings. The Morgan fingerprint density at radius 1 is 1.28 bits per heavy atom. The van der Waals surface area contributed by atoms with Crippen LogP contribution in [0.2, 0.25) is 0 Å². The van der Waals surface area contributed by atoms with Crippen LogP contribution in [0.15, 0.2) is 18.2 Å². The smallest absolute Gasteiger partial charge is 0.165 e. The van der Waals surface area contributed by atoms with E-state index in [1.165, 1.54) is 26.0 Å². The number of benzene rings is 1. The van der Waals surface area contributed by atoms with E-state index >= 15 is 0 Å². The van der Waals surface area contributed by atoms with Gasteiger partial charge in [0.25, 0.3) is 0 Å². The van der Waals surface area contributed by atoms with Gasteiger partial charge in [0.05, 0.1) is 13.2 Å². The normalized spacial score (nSPS) is 24.6. The van der Waals surface area contributed by atoms with E-state index in [1.54, 1.807) is 6.07 Å². The Hall–Kier alpha value is -1.09. The van der Waals surface area contributed by atoms with Crippen molar-refractivity contribution >= 4 is 0 Å². The van der Waals surface area contributed by atoms with E-state index in [9.17, 15) is 9.50 Å². The molecular weight excluding hydrogens is 231 g/mol. The molecule has 2 unspecified atom stereocenters. The number of aliphatic hydroxyl groups is 1. The number of ether oxygens (including phenoxy) is 1. The van der Waals surface area contributed by atoms with E-state index in [-0.39, 0.29) is 23.6 Å². The molecule has 2 atom stereocenters. The van der Waals surface area contributed by atoms with Crippen LogP contribution >= 0.6 is 0 Å². The molecule has 0 radical (unpaired) electrons. The summed E-state index contributed by atoms with van der Waals surface area (Å²) in [5.74, 6) is 0.221. The lowest BCUT2D eigenvalue weighted by Gasteiger charge is -2.20. The fourth-order valence-corrected chi connectivity index (χ4v) is 2.74. The molecule has 1 saturated carbocycles. The van der Waals surface area contributed by atoms with Gasteiger partial charge in [0.2, 0.25) is 0 Å². The molecule has 0 saturated heterocycles. The minimum Gasteiger partial charge on any atom is -0.494 e. The topological polar surface area (TPSA) is 29.5 Å². The third kappa shape index (κ3) is 3.22. The van der Waals surface area contributed by atoms with E-state index in [0.29, 0.717) is 0 Å². The van der Waals surface area contributed by atoms with Crippen molar-refractivity contribution in [3.05, 3.63) is 29.6 Å². The van der Waals surface area contributed by atoms with E-state index in [4.69, 9.17) is 4.74 Å². The molecule has 0 spiro atoms. The second-order valence-corrected chi connectivity index (χ2v) is 5.14. The maximum absolute atomic E-state index is 13.6. The number of hydrogen-bond acceptors (Lipinski definition) is 2. The van der Waals surface area contributed by atoms with Crippen molar-refractivity contribution in [1.29, 1.82) is 0 Å². The lowest BCUT2D eigenvalue weighted by molar-refractivity contribution is 0.101. The van der Waals surface area contributed by atoms with Gasteiger partial charge in [-0.25, -0.2) is 4.39 Å². The van der Waals surface area contributed by atoms with Crippen molar-refractivity contribution in [3.8, 4) is 5.75 Å². The summed E-state index contributed by atoms with van der Waals surface area (Å²) >= 11 is 0. The Morgan fingerprint density at radius 2 is 2.06 bits per heavy atom. The number of halogens is 1.